The lowest BCUT2D eigenvalue weighted by Gasteiger charge is -2.02. The molecule has 3 aromatic rings. The molecule has 0 unspecified atom stereocenters. The van der Waals surface area contributed by atoms with E-state index in [2.05, 4.69) is 4.98 Å². The zero-order valence-electron chi connectivity index (χ0n) is 9.42. The highest BCUT2D eigenvalue weighted by atomic mass is 35.5. The number of aryl methyl sites for hydroxylation is 1. The third-order valence-electron chi connectivity index (χ3n) is 3.15. The number of phenols is 1. The summed E-state index contributed by atoms with van der Waals surface area (Å²) in [6.07, 6.45) is 0.804. The van der Waals surface area contributed by atoms with Crippen molar-refractivity contribution in [2.75, 3.05) is 0 Å². The molecule has 0 radical (unpaired) electrons. The van der Waals surface area contributed by atoms with Crippen molar-refractivity contribution in [2.45, 2.75) is 13.3 Å². The number of fused-ring (bicyclic) bond motifs is 3. The van der Waals surface area contributed by atoms with Crippen LogP contribution in [0.25, 0.3) is 21.8 Å². The minimum absolute atomic E-state index is 0.336. The van der Waals surface area contributed by atoms with Crippen LogP contribution in [0, 0.1) is 0 Å². The molecule has 0 aliphatic rings. The van der Waals surface area contributed by atoms with Crippen molar-refractivity contribution in [2.24, 2.45) is 0 Å². The van der Waals surface area contributed by atoms with Gasteiger partial charge in [0.2, 0.25) is 0 Å². The molecule has 86 valence electrons. The fraction of sp³-hybridized carbons (Fsp3) is 0.143. The Hall–Kier alpha value is -1.67. The third-order valence-corrected chi connectivity index (χ3v) is 3.47. The molecule has 2 N–H and O–H groups in total. The van der Waals surface area contributed by atoms with Crippen molar-refractivity contribution >= 4 is 33.4 Å². The standard InChI is InChI=1S/C14H12ClNO/c1-2-8-6-9-12(7-13(8)17)16-11-5-3-4-10(15)14(9)11/h3-7,16-17H,2H2,1H3. The minimum atomic E-state index is 0.336. The number of halogens is 1. The summed E-state index contributed by atoms with van der Waals surface area (Å²) in [7, 11) is 0. The maximum Gasteiger partial charge on any atom is 0.120 e. The lowest BCUT2D eigenvalue weighted by Crippen LogP contribution is -1.81. The Bertz CT molecular complexity index is 715. The zero-order valence-corrected chi connectivity index (χ0v) is 10.2. The van der Waals surface area contributed by atoms with Crippen molar-refractivity contribution in [3.8, 4) is 5.75 Å². The number of rotatable bonds is 1. The molecule has 0 atom stereocenters. The molecule has 0 bridgehead atoms. The molecule has 2 aromatic carbocycles. The zero-order chi connectivity index (χ0) is 12.0. The maximum absolute atomic E-state index is 9.85. The molecule has 0 fully saturated rings. The van der Waals surface area contributed by atoms with Gasteiger partial charge in [0.1, 0.15) is 5.75 Å². The Balaban J connectivity index is 2.51. The Kier molecular flexibility index (Phi) is 2.26. The van der Waals surface area contributed by atoms with Gasteiger partial charge in [-0.25, -0.2) is 0 Å². The highest BCUT2D eigenvalue weighted by Crippen LogP contribution is 2.34. The monoisotopic (exact) mass is 245 g/mol. The minimum Gasteiger partial charge on any atom is -0.508 e. The summed E-state index contributed by atoms with van der Waals surface area (Å²) in [6.45, 7) is 2.03. The first kappa shape index (κ1) is 10.5. The van der Waals surface area contributed by atoms with Gasteiger partial charge < -0.3 is 10.1 Å². The first-order chi connectivity index (χ1) is 8.20. The quantitative estimate of drug-likeness (QED) is 0.661. The van der Waals surface area contributed by atoms with E-state index in [1.807, 2.05) is 31.2 Å². The average Bonchev–Trinajstić information content (AvgIpc) is 2.66. The van der Waals surface area contributed by atoms with Gasteiger partial charge >= 0.3 is 0 Å². The molecule has 1 aromatic heterocycles. The van der Waals surface area contributed by atoms with Crippen LogP contribution in [0.2, 0.25) is 5.02 Å². The number of hydrogen-bond donors (Lipinski definition) is 2. The van der Waals surface area contributed by atoms with Crippen molar-refractivity contribution in [1.82, 2.24) is 4.98 Å². The Morgan fingerprint density at radius 1 is 1.24 bits per heavy atom. The predicted molar refractivity (Wildman–Crippen MR) is 71.9 cm³/mol. The molecule has 2 nitrogen and oxygen atoms in total. The van der Waals surface area contributed by atoms with Crippen LogP contribution in [-0.4, -0.2) is 10.1 Å². The summed E-state index contributed by atoms with van der Waals surface area (Å²) < 4.78 is 0. The molecule has 0 saturated heterocycles. The lowest BCUT2D eigenvalue weighted by molar-refractivity contribution is 0.469. The Morgan fingerprint density at radius 2 is 2.06 bits per heavy atom. The first-order valence-electron chi connectivity index (χ1n) is 5.62. The molecule has 0 aliphatic carbocycles. The van der Waals surface area contributed by atoms with Gasteiger partial charge in [-0.1, -0.05) is 24.6 Å². The Morgan fingerprint density at radius 3 is 2.82 bits per heavy atom. The Labute approximate surface area is 104 Å². The van der Waals surface area contributed by atoms with Crippen LogP contribution in [0.5, 0.6) is 5.75 Å². The molecule has 0 saturated carbocycles. The number of aromatic hydroxyl groups is 1. The lowest BCUT2D eigenvalue weighted by atomic mass is 10.1. The smallest absolute Gasteiger partial charge is 0.120 e. The molecule has 0 spiro atoms. The number of benzene rings is 2. The van der Waals surface area contributed by atoms with Gasteiger partial charge in [-0.3, -0.25) is 0 Å². The van der Waals surface area contributed by atoms with E-state index in [0.29, 0.717) is 5.75 Å². The van der Waals surface area contributed by atoms with E-state index in [1.165, 1.54) is 0 Å². The third kappa shape index (κ3) is 1.48. The van der Waals surface area contributed by atoms with E-state index in [9.17, 15) is 5.11 Å². The molecular formula is C14H12ClNO. The molecule has 17 heavy (non-hydrogen) atoms. The first-order valence-corrected chi connectivity index (χ1v) is 6.00. The number of phenolic OH excluding ortho intramolecular Hbond substituents is 1. The van der Waals surface area contributed by atoms with Crippen LogP contribution in [0.4, 0.5) is 0 Å². The molecule has 0 amide bonds. The van der Waals surface area contributed by atoms with E-state index in [4.69, 9.17) is 11.6 Å². The van der Waals surface area contributed by atoms with E-state index in [1.54, 1.807) is 6.07 Å². The second kappa shape index (κ2) is 3.67. The van der Waals surface area contributed by atoms with Gasteiger partial charge in [0.05, 0.1) is 10.5 Å². The van der Waals surface area contributed by atoms with Gasteiger partial charge in [-0.15, -0.1) is 0 Å². The topological polar surface area (TPSA) is 36.0 Å². The van der Waals surface area contributed by atoms with Crippen molar-refractivity contribution < 1.29 is 5.11 Å². The van der Waals surface area contributed by atoms with Crippen LogP contribution < -0.4 is 0 Å². The van der Waals surface area contributed by atoms with Gasteiger partial charge in [0.15, 0.2) is 0 Å². The van der Waals surface area contributed by atoms with E-state index >= 15 is 0 Å². The maximum atomic E-state index is 9.85. The summed E-state index contributed by atoms with van der Waals surface area (Å²) in [5.41, 5.74) is 2.86. The van der Waals surface area contributed by atoms with Crippen molar-refractivity contribution in [3.05, 3.63) is 40.9 Å². The molecular weight excluding hydrogens is 234 g/mol. The number of hydrogen-bond acceptors (Lipinski definition) is 1. The van der Waals surface area contributed by atoms with E-state index in [0.717, 1.165) is 38.8 Å². The number of aromatic amines is 1. The van der Waals surface area contributed by atoms with Crippen LogP contribution in [0.1, 0.15) is 12.5 Å². The van der Waals surface area contributed by atoms with Gasteiger partial charge in [-0.2, -0.15) is 0 Å². The predicted octanol–water partition coefficient (Wildman–Crippen LogP) is 4.24. The number of aromatic nitrogens is 1. The summed E-state index contributed by atoms with van der Waals surface area (Å²) in [4.78, 5) is 3.27. The van der Waals surface area contributed by atoms with E-state index < -0.39 is 0 Å². The fourth-order valence-corrected chi connectivity index (χ4v) is 2.55. The van der Waals surface area contributed by atoms with E-state index in [-0.39, 0.29) is 0 Å². The molecule has 3 rings (SSSR count). The fourth-order valence-electron chi connectivity index (χ4n) is 2.27. The SMILES string of the molecule is CCc1cc2c(cc1O)[nH]c1cccc(Cl)c12. The second-order valence-electron chi connectivity index (χ2n) is 4.17. The highest BCUT2D eigenvalue weighted by Gasteiger charge is 2.10. The van der Waals surface area contributed by atoms with Gasteiger partial charge in [-0.05, 0) is 30.2 Å². The van der Waals surface area contributed by atoms with Crippen molar-refractivity contribution in [3.63, 3.8) is 0 Å². The van der Waals surface area contributed by atoms with Crippen LogP contribution in [-0.2, 0) is 6.42 Å². The summed E-state index contributed by atoms with van der Waals surface area (Å²) >= 11 is 6.23. The van der Waals surface area contributed by atoms with Crippen LogP contribution >= 0.6 is 11.6 Å². The highest BCUT2D eigenvalue weighted by molar-refractivity contribution is 6.38. The molecule has 3 heteroatoms. The largest absolute Gasteiger partial charge is 0.508 e. The summed E-state index contributed by atoms with van der Waals surface area (Å²) in [6, 6.07) is 9.57. The normalized spacial score (nSPS) is 11.4. The summed E-state index contributed by atoms with van der Waals surface area (Å²) in [5.74, 6) is 0.336. The van der Waals surface area contributed by atoms with Gasteiger partial charge in [0, 0.05) is 22.4 Å². The molecule has 0 aliphatic heterocycles. The summed E-state index contributed by atoms with van der Waals surface area (Å²) in [5, 5.41) is 12.7. The number of nitrogens with one attached hydrogen (secondary N) is 1. The average molecular weight is 246 g/mol. The van der Waals surface area contributed by atoms with Crippen LogP contribution in [0.15, 0.2) is 30.3 Å². The molecule has 1 heterocycles. The number of H-pyrrole nitrogens is 1. The van der Waals surface area contributed by atoms with Crippen molar-refractivity contribution in [1.29, 1.82) is 0 Å². The van der Waals surface area contributed by atoms with Crippen LogP contribution in [0.3, 0.4) is 0 Å². The second-order valence-corrected chi connectivity index (χ2v) is 4.57. The van der Waals surface area contributed by atoms with Gasteiger partial charge in [0.25, 0.3) is 0 Å².